The van der Waals surface area contributed by atoms with Crippen molar-refractivity contribution in [3.63, 3.8) is 0 Å². The van der Waals surface area contributed by atoms with Gasteiger partial charge >= 0.3 is 5.97 Å². The second-order valence-corrected chi connectivity index (χ2v) is 7.30. The van der Waals surface area contributed by atoms with Gasteiger partial charge in [-0.05, 0) is 67.1 Å². The van der Waals surface area contributed by atoms with Crippen molar-refractivity contribution in [2.45, 2.75) is 13.0 Å². The molecule has 182 valence electrons. The van der Waals surface area contributed by atoms with Gasteiger partial charge in [0.2, 0.25) is 5.75 Å². The number of nitrogens with one attached hydrogen (secondary N) is 1. The van der Waals surface area contributed by atoms with E-state index in [1.165, 1.54) is 40.4 Å². The summed E-state index contributed by atoms with van der Waals surface area (Å²) in [6.07, 6.45) is 1.75. The average Bonchev–Trinajstić information content (AvgIpc) is 2.88. The van der Waals surface area contributed by atoms with E-state index in [1.54, 1.807) is 36.4 Å². The number of esters is 1. The number of carbonyl (C=O) groups is 2. The van der Waals surface area contributed by atoms with Crippen LogP contribution in [0, 0.1) is 0 Å². The van der Waals surface area contributed by atoms with Gasteiger partial charge in [0, 0.05) is 11.8 Å². The monoisotopic (exact) mass is 477 g/mol. The third-order valence-electron chi connectivity index (χ3n) is 4.86. The molecule has 0 unspecified atom stereocenters. The normalized spacial score (nSPS) is 11.4. The zero-order chi connectivity index (χ0) is 25.2. The Bertz CT molecular complexity index is 1150. The summed E-state index contributed by atoms with van der Waals surface area (Å²) in [4.78, 5) is 24.7. The molecule has 8 nitrogen and oxygen atoms in total. The van der Waals surface area contributed by atoms with E-state index in [4.69, 9.17) is 23.7 Å². The second-order valence-electron chi connectivity index (χ2n) is 7.30. The van der Waals surface area contributed by atoms with E-state index < -0.39 is 18.0 Å². The van der Waals surface area contributed by atoms with Crippen LogP contribution in [0.2, 0.25) is 0 Å². The molecule has 1 amide bonds. The Kier molecular flexibility index (Phi) is 8.72. The minimum atomic E-state index is -1.01. The molecule has 0 aliphatic carbocycles. The summed E-state index contributed by atoms with van der Waals surface area (Å²) < 4.78 is 26.8. The molecular formula is C27H27NO7. The van der Waals surface area contributed by atoms with Crippen LogP contribution in [0.1, 0.15) is 12.5 Å². The zero-order valence-corrected chi connectivity index (χ0v) is 19.9. The van der Waals surface area contributed by atoms with Gasteiger partial charge in [-0.1, -0.05) is 18.2 Å². The van der Waals surface area contributed by atoms with Crippen LogP contribution in [-0.2, 0) is 14.3 Å². The Morgan fingerprint density at radius 2 is 1.43 bits per heavy atom. The highest BCUT2D eigenvalue weighted by Crippen LogP contribution is 2.38. The second kappa shape index (κ2) is 12.1. The van der Waals surface area contributed by atoms with Gasteiger partial charge in [-0.25, -0.2) is 4.79 Å². The van der Waals surface area contributed by atoms with Crippen molar-refractivity contribution in [3.05, 3.63) is 78.4 Å². The van der Waals surface area contributed by atoms with Crippen LogP contribution >= 0.6 is 0 Å². The number of benzene rings is 3. The van der Waals surface area contributed by atoms with Crippen molar-refractivity contribution in [3.8, 4) is 28.7 Å². The van der Waals surface area contributed by atoms with Crippen LogP contribution < -0.4 is 24.3 Å². The van der Waals surface area contributed by atoms with Gasteiger partial charge < -0.3 is 29.0 Å². The lowest BCUT2D eigenvalue weighted by molar-refractivity contribution is -0.148. The first-order chi connectivity index (χ1) is 16.9. The minimum Gasteiger partial charge on any atom is -0.493 e. The molecule has 3 aromatic carbocycles. The van der Waals surface area contributed by atoms with E-state index in [0.717, 1.165) is 0 Å². The van der Waals surface area contributed by atoms with Gasteiger partial charge in [0.05, 0.1) is 21.3 Å². The van der Waals surface area contributed by atoms with Crippen LogP contribution in [0.4, 0.5) is 5.69 Å². The first kappa shape index (κ1) is 25.2. The summed E-state index contributed by atoms with van der Waals surface area (Å²) in [7, 11) is 4.51. The van der Waals surface area contributed by atoms with E-state index in [0.29, 0.717) is 40.0 Å². The standard InChI is InChI=1S/C27H27NO7/c1-18(27(30)28-20-11-13-22(14-12-20)35-21-8-6-5-7-9-21)34-25(29)15-10-19-16-23(31-2)26(33-4)24(17-19)32-3/h5-18H,1-4H3,(H,28,30)/b15-10+/t18-/m0/s1. The third-order valence-corrected chi connectivity index (χ3v) is 4.86. The van der Waals surface area contributed by atoms with Gasteiger partial charge in [-0.2, -0.15) is 0 Å². The molecule has 0 heterocycles. The van der Waals surface area contributed by atoms with Crippen molar-refractivity contribution in [2.75, 3.05) is 26.6 Å². The molecule has 0 fully saturated rings. The van der Waals surface area contributed by atoms with Crippen LogP contribution in [0.25, 0.3) is 6.08 Å². The van der Waals surface area contributed by atoms with Crippen LogP contribution in [0.15, 0.2) is 72.8 Å². The molecule has 0 aromatic heterocycles. The third kappa shape index (κ3) is 7.01. The molecule has 0 saturated carbocycles. The fourth-order valence-electron chi connectivity index (χ4n) is 3.10. The summed E-state index contributed by atoms with van der Waals surface area (Å²) in [5.74, 6) is 1.56. The lowest BCUT2D eigenvalue weighted by Gasteiger charge is -2.13. The van der Waals surface area contributed by atoms with E-state index in [9.17, 15) is 9.59 Å². The highest BCUT2D eigenvalue weighted by Gasteiger charge is 2.17. The molecule has 0 radical (unpaired) electrons. The van der Waals surface area contributed by atoms with Crippen LogP contribution in [0.3, 0.4) is 0 Å². The minimum absolute atomic E-state index is 0.444. The number of amides is 1. The molecule has 35 heavy (non-hydrogen) atoms. The average molecular weight is 478 g/mol. The van der Waals surface area contributed by atoms with E-state index >= 15 is 0 Å². The molecule has 1 atom stereocenters. The number of methoxy groups -OCH3 is 3. The molecule has 0 aliphatic heterocycles. The molecule has 0 bridgehead atoms. The Hall–Kier alpha value is -4.46. The molecule has 0 spiro atoms. The summed E-state index contributed by atoms with van der Waals surface area (Å²) in [6, 6.07) is 19.6. The summed E-state index contributed by atoms with van der Waals surface area (Å²) in [5, 5.41) is 2.71. The maximum absolute atomic E-state index is 12.4. The maximum atomic E-state index is 12.4. The molecular weight excluding hydrogens is 450 g/mol. The zero-order valence-electron chi connectivity index (χ0n) is 19.9. The number of hydrogen-bond donors (Lipinski definition) is 1. The largest absolute Gasteiger partial charge is 0.493 e. The Labute approximate surface area is 204 Å². The molecule has 1 N–H and O–H groups in total. The highest BCUT2D eigenvalue weighted by atomic mass is 16.5. The number of ether oxygens (including phenoxy) is 5. The Balaban J connectivity index is 1.55. The van der Waals surface area contributed by atoms with Gasteiger partial charge in [0.1, 0.15) is 11.5 Å². The first-order valence-electron chi connectivity index (χ1n) is 10.8. The van der Waals surface area contributed by atoms with Crippen molar-refractivity contribution in [2.24, 2.45) is 0 Å². The van der Waals surface area contributed by atoms with Gasteiger partial charge in [-0.3, -0.25) is 4.79 Å². The Morgan fingerprint density at radius 1 is 0.829 bits per heavy atom. The SMILES string of the molecule is COc1cc(/C=C/C(=O)O[C@@H](C)C(=O)Nc2ccc(Oc3ccccc3)cc2)cc(OC)c1OC. The lowest BCUT2D eigenvalue weighted by atomic mass is 10.1. The summed E-state index contributed by atoms with van der Waals surface area (Å²) in [5.41, 5.74) is 1.18. The van der Waals surface area contributed by atoms with Crippen molar-refractivity contribution >= 4 is 23.6 Å². The van der Waals surface area contributed by atoms with Gasteiger partial charge in [-0.15, -0.1) is 0 Å². The number of hydrogen-bond acceptors (Lipinski definition) is 7. The lowest BCUT2D eigenvalue weighted by Crippen LogP contribution is -2.29. The summed E-state index contributed by atoms with van der Waals surface area (Å²) in [6.45, 7) is 1.49. The highest BCUT2D eigenvalue weighted by molar-refractivity contribution is 5.96. The molecule has 8 heteroatoms. The molecule has 0 aliphatic rings. The predicted octanol–water partition coefficient (Wildman–Crippen LogP) is 5.09. The number of rotatable bonds is 10. The van der Waals surface area contributed by atoms with E-state index in [-0.39, 0.29) is 0 Å². The van der Waals surface area contributed by atoms with Crippen molar-refractivity contribution < 1.29 is 33.3 Å². The van der Waals surface area contributed by atoms with Crippen LogP contribution in [-0.4, -0.2) is 39.3 Å². The molecule has 3 rings (SSSR count). The predicted molar refractivity (Wildman–Crippen MR) is 132 cm³/mol. The van der Waals surface area contributed by atoms with Crippen LogP contribution in [0.5, 0.6) is 28.7 Å². The summed E-state index contributed by atoms with van der Waals surface area (Å²) >= 11 is 0. The Morgan fingerprint density at radius 3 is 2.00 bits per heavy atom. The number of carbonyl (C=O) groups excluding carboxylic acids is 2. The number of anilines is 1. The topological polar surface area (TPSA) is 92.3 Å². The van der Waals surface area contributed by atoms with Gasteiger partial charge in [0.25, 0.3) is 5.91 Å². The smallest absolute Gasteiger partial charge is 0.331 e. The quantitative estimate of drug-likeness (QED) is 0.321. The number of para-hydroxylation sites is 1. The maximum Gasteiger partial charge on any atom is 0.331 e. The van der Waals surface area contributed by atoms with Crippen molar-refractivity contribution in [1.82, 2.24) is 0 Å². The molecule has 0 saturated heterocycles. The fourth-order valence-corrected chi connectivity index (χ4v) is 3.10. The van der Waals surface area contributed by atoms with Gasteiger partial charge in [0.15, 0.2) is 17.6 Å². The molecule has 3 aromatic rings. The van der Waals surface area contributed by atoms with E-state index in [1.807, 2.05) is 30.3 Å². The van der Waals surface area contributed by atoms with E-state index in [2.05, 4.69) is 5.32 Å². The van der Waals surface area contributed by atoms with Crippen molar-refractivity contribution in [1.29, 1.82) is 0 Å². The first-order valence-corrected chi connectivity index (χ1v) is 10.8. The fraction of sp³-hybridized carbons (Fsp3) is 0.185.